The maximum atomic E-state index is 12.7. The molecular formula is C27H22O5S2. The standard InChI is InChI=1S/C27H22O5S2/c1-31-23-15-24(32-2)21(26-14-19-5-3-4-6-25(19)34-26)13-18(23)9-12-22(28)17-7-10-20(11-8-17)33-16-27(29)30/h3-15H,16H2,1-2H3,(H,29,30)/b12-9+. The Bertz CT molecular complexity index is 1340. The molecular weight excluding hydrogens is 468 g/mol. The number of carboxylic acids is 1. The Labute approximate surface area is 205 Å². The molecule has 0 saturated heterocycles. The van der Waals surface area contributed by atoms with E-state index in [0.717, 1.165) is 26.3 Å². The van der Waals surface area contributed by atoms with Gasteiger partial charge in [0.05, 0.1) is 20.0 Å². The molecule has 3 aromatic carbocycles. The number of carboxylic acid groups (broad SMARTS) is 1. The molecule has 0 aliphatic rings. The van der Waals surface area contributed by atoms with Crippen molar-refractivity contribution in [1.29, 1.82) is 0 Å². The van der Waals surface area contributed by atoms with Gasteiger partial charge in [-0.25, -0.2) is 0 Å². The zero-order chi connectivity index (χ0) is 24.1. The summed E-state index contributed by atoms with van der Waals surface area (Å²) in [5, 5.41) is 9.96. The molecule has 0 bridgehead atoms. The Morgan fingerprint density at radius 2 is 1.71 bits per heavy atom. The van der Waals surface area contributed by atoms with Crippen LogP contribution in [-0.4, -0.2) is 36.8 Å². The molecule has 0 radical (unpaired) electrons. The summed E-state index contributed by atoms with van der Waals surface area (Å²) in [6, 6.07) is 21.0. The summed E-state index contributed by atoms with van der Waals surface area (Å²) in [6.07, 6.45) is 3.25. The highest BCUT2D eigenvalue weighted by molar-refractivity contribution is 8.00. The number of carbonyl (C=O) groups is 2. The highest BCUT2D eigenvalue weighted by Crippen LogP contribution is 2.41. The lowest BCUT2D eigenvalue weighted by Crippen LogP contribution is -1.98. The topological polar surface area (TPSA) is 72.8 Å². The zero-order valence-electron chi connectivity index (χ0n) is 18.6. The van der Waals surface area contributed by atoms with Crippen molar-refractivity contribution in [2.45, 2.75) is 4.90 Å². The van der Waals surface area contributed by atoms with Crippen LogP contribution in [0.5, 0.6) is 11.5 Å². The van der Waals surface area contributed by atoms with Gasteiger partial charge < -0.3 is 14.6 Å². The van der Waals surface area contributed by atoms with E-state index in [1.165, 1.54) is 22.5 Å². The molecule has 0 atom stereocenters. The van der Waals surface area contributed by atoms with Crippen LogP contribution in [0.4, 0.5) is 0 Å². The van der Waals surface area contributed by atoms with Crippen molar-refractivity contribution in [2.75, 3.05) is 20.0 Å². The van der Waals surface area contributed by atoms with Crippen LogP contribution in [0.1, 0.15) is 15.9 Å². The van der Waals surface area contributed by atoms with Gasteiger partial charge in [-0.1, -0.05) is 18.2 Å². The molecule has 5 nitrogen and oxygen atoms in total. The summed E-state index contributed by atoms with van der Waals surface area (Å²) < 4.78 is 12.4. The number of aliphatic carboxylic acids is 1. The molecule has 0 saturated carbocycles. The minimum absolute atomic E-state index is 0.0212. The van der Waals surface area contributed by atoms with Gasteiger partial charge in [-0.05, 0) is 60.0 Å². The van der Waals surface area contributed by atoms with E-state index >= 15 is 0 Å². The molecule has 1 aromatic heterocycles. The zero-order valence-corrected chi connectivity index (χ0v) is 20.2. The van der Waals surface area contributed by atoms with Crippen LogP contribution in [0.15, 0.2) is 77.7 Å². The highest BCUT2D eigenvalue weighted by Gasteiger charge is 2.14. The van der Waals surface area contributed by atoms with E-state index in [9.17, 15) is 9.59 Å². The molecule has 7 heteroatoms. The summed E-state index contributed by atoms with van der Waals surface area (Å²) in [5.41, 5.74) is 2.21. The quantitative estimate of drug-likeness (QED) is 0.161. The smallest absolute Gasteiger partial charge is 0.313 e. The Morgan fingerprint density at radius 3 is 2.38 bits per heavy atom. The summed E-state index contributed by atoms with van der Waals surface area (Å²) in [7, 11) is 3.21. The number of benzene rings is 3. The van der Waals surface area contributed by atoms with Crippen molar-refractivity contribution in [3.8, 4) is 21.9 Å². The largest absolute Gasteiger partial charge is 0.496 e. The molecule has 0 unspecified atom stereocenters. The number of rotatable bonds is 9. The molecule has 0 spiro atoms. The van der Waals surface area contributed by atoms with Gasteiger partial charge in [0.25, 0.3) is 0 Å². The predicted octanol–water partition coefficient (Wildman–Crippen LogP) is 6.66. The van der Waals surface area contributed by atoms with Crippen LogP contribution in [0.3, 0.4) is 0 Å². The van der Waals surface area contributed by atoms with Crippen LogP contribution in [-0.2, 0) is 4.79 Å². The van der Waals surface area contributed by atoms with Crippen molar-refractivity contribution in [3.05, 3.63) is 83.9 Å². The fraction of sp³-hybridized carbons (Fsp3) is 0.111. The first-order valence-corrected chi connectivity index (χ1v) is 12.2. The number of methoxy groups -OCH3 is 2. The molecule has 0 aliphatic heterocycles. The second-order valence-corrected chi connectivity index (χ2v) is 9.48. The van der Waals surface area contributed by atoms with E-state index in [2.05, 4.69) is 18.2 Å². The van der Waals surface area contributed by atoms with Crippen LogP contribution in [0.2, 0.25) is 0 Å². The number of allylic oxidation sites excluding steroid dienone is 1. The Kier molecular flexibility index (Phi) is 7.35. The molecule has 34 heavy (non-hydrogen) atoms. The van der Waals surface area contributed by atoms with Gasteiger partial charge >= 0.3 is 5.97 Å². The minimum Gasteiger partial charge on any atom is -0.496 e. The average molecular weight is 491 g/mol. The molecule has 0 amide bonds. The summed E-state index contributed by atoms with van der Waals surface area (Å²) in [5.74, 6) is 0.243. The van der Waals surface area contributed by atoms with Gasteiger partial charge in [-0.15, -0.1) is 23.1 Å². The predicted molar refractivity (Wildman–Crippen MR) is 139 cm³/mol. The lowest BCUT2D eigenvalue weighted by Gasteiger charge is -2.12. The number of thiophene rings is 1. The molecule has 1 heterocycles. The number of hydrogen-bond acceptors (Lipinski definition) is 6. The van der Waals surface area contributed by atoms with Gasteiger partial charge in [0.1, 0.15) is 11.5 Å². The highest BCUT2D eigenvalue weighted by atomic mass is 32.2. The van der Waals surface area contributed by atoms with Crippen LogP contribution < -0.4 is 9.47 Å². The number of hydrogen-bond donors (Lipinski definition) is 1. The third-order valence-corrected chi connectivity index (χ3v) is 7.30. The number of thioether (sulfide) groups is 1. The monoisotopic (exact) mass is 490 g/mol. The fourth-order valence-corrected chi connectivity index (χ4v) is 5.19. The van der Waals surface area contributed by atoms with Crippen molar-refractivity contribution in [1.82, 2.24) is 0 Å². The second-order valence-electron chi connectivity index (χ2n) is 7.35. The van der Waals surface area contributed by atoms with Crippen molar-refractivity contribution < 1.29 is 24.2 Å². The Balaban J connectivity index is 1.62. The van der Waals surface area contributed by atoms with Crippen LogP contribution in [0, 0.1) is 0 Å². The van der Waals surface area contributed by atoms with E-state index in [1.54, 1.807) is 55.9 Å². The normalized spacial score (nSPS) is 11.1. The molecule has 4 rings (SSSR count). The molecule has 0 fully saturated rings. The lowest BCUT2D eigenvalue weighted by atomic mass is 10.0. The summed E-state index contributed by atoms with van der Waals surface area (Å²) >= 11 is 2.89. The second kappa shape index (κ2) is 10.6. The first kappa shape index (κ1) is 23.6. The Hall–Kier alpha value is -3.55. The maximum absolute atomic E-state index is 12.7. The van der Waals surface area contributed by atoms with E-state index in [1.807, 2.05) is 24.3 Å². The van der Waals surface area contributed by atoms with Crippen molar-refractivity contribution in [3.63, 3.8) is 0 Å². The first-order valence-electron chi connectivity index (χ1n) is 10.4. The number of carbonyl (C=O) groups excluding carboxylic acids is 1. The molecule has 172 valence electrons. The Morgan fingerprint density at radius 1 is 0.971 bits per heavy atom. The molecule has 1 N–H and O–H groups in total. The van der Waals surface area contributed by atoms with Crippen LogP contribution in [0.25, 0.3) is 26.6 Å². The van der Waals surface area contributed by atoms with Gasteiger partial charge in [-0.2, -0.15) is 0 Å². The summed E-state index contributed by atoms with van der Waals surface area (Å²) in [4.78, 5) is 25.3. The molecule has 4 aromatic rings. The van der Waals surface area contributed by atoms with Crippen LogP contribution >= 0.6 is 23.1 Å². The molecule has 0 aliphatic carbocycles. The fourth-order valence-electron chi connectivity index (χ4n) is 3.48. The SMILES string of the molecule is COc1cc(OC)c(-c2cc3ccccc3s2)cc1/C=C/C(=O)c1ccc(SCC(=O)O)cc1. The number of fused-ring (bicyclic) bond motifs is 1. The summed E-state index contributed by atoms with van der Waals surface area (Å²) in [6.45, 7) is 0. The minimum atomic E-state index is -0.878. The lowest BCUT2D eigenvalue weighted by molar-refractivity contribution is -0.133. The maximum Gasteiger partial charge on any atom is 0.313 e. The van der Waals surface area contributed by atoms with E-state index in [-0.39, 0.29) is 11.5 Å². The van der Waals surface area contributed by atoms with Crippen molar-refractivity contribution >= 4 is 51.0 Å². The first-order chi connectivity index (χ1) is 16.5. The number of ketones is 1. The van der Waals surface area contributed by atoms with Gasteiger partial charge in [-0.3, -0.25) is 9.59 Å². The third kappa shape index (κ3) is 5.32. The van der Waals surface area contributed by atoms with Gasteiger partial charge in [0.2, 0.25) is 0 Å². The van der Waals surface area contributed by atoms with E-state index in [4.69, 9.17) is 14.6 Å². The van der Waals surface area contributed by atoms with Crippen molar-refractivity contribution in [2.24, 2.45) is 0 Å². The number of ether oxygens (including phenoxy) is 2. The van der Waals surface area contributed by atoms with Gasteiger partial charge in [0.15, 0.2) is 5.78 Å². The third-order valence-electron chi connectivity index (χ3n) is 5.16. The average Bonchev–Trinajstić information content (AvgIpc) is 3.30. The van der Waals surface area contributed by atoms with E-state index < -0.39 is 5.97 Å². The van der Waals surface area contributed by atoms with Gasteiger partial charge in [0, 0.05) is 37.2 Å². The van der Waals surface area contributed by atoms with E-state index in [0.29, 0.717) is 17.1 Å².